The van der Waals surface area contributed by atoms with Crippen molar-refractivity contribution in [3.63, 3.8) is 0 Å². The Morgan fingerprint density at radius 2 is 1.88 bits per heavy atom. The van der Waals surface area contributed by atoms with Crippen LogP contribution in [0, 0.1) is 5.92 Å². The fourth-order valence-electron chi connectivity index (χ4n) is 2.80. The molecule has 2 aliphatic rings. The van der Waals surface area contributed by atoms with E-state index in [1.54, 1.807) is 7.11 Å². The van der Waals surface area contributed by atoms with E-state index in [4.69, 9.17) is 4.74 Å². The number of ether oxygens (including phenoxy) is 1. The molecule has 0 aromatic rings. The molecule has 1 heterocycles. The highest BCUT2D eigenvalue weighted by Crippen LogP contribution is 2.31. The average molecular weight is 453 g/mol. The molecule has 0 aromatic heterocycles. The monoisotopic (exact) mass is 453 g/mol. The molecule has 8 heteroatoms. The summed E-state index contributed by atoms with van der Waals surface area (Å²) in [6.45, 7) is 6.21. The fraction of sp³-hybridized carbons (Fsp3) is 0.875. The number of carbonyl (C=O) groups excluding carboxylic acids is 1. The molecular formula is C16H32IN5O2. The Labute approximate surface area is 162 Å². The number of aliphatic imine (C=N–C) groups is 1. The van der Waals surface area contributed by atoms with Gasteiger partial charge >= 0.3 is 0 Å². The molecule has 7 nitrogen and oxygen atoms in total. The van der Waals surface area contributed by atoms with Gasteiger partial charge in [0.1, 0.15) is 0 Å². The summed E-state index contributed by atoms with van der Waals surface area (Å²) in [6.07, 6.45) is 4.04. The van der Waals surface area contributed by atoms with E-state index in [-0.39, 0.29) is 29.9 Å². The van der Waals surface area contributed by atoms with Crippen LogP contribution >= 0.6 is 24.0 Å². The summed E-state index contributed by atoms with van der Waals surface area (Å²) < 4.78 is 4.93. The van der Waals surface area contributed by atoms with E-state index in [0.29, 0.717) is 19.7 Å². The Balaban J connectivity index is 0.00000288. The van der Waals surface area contributed by atoms with Gasteiger partial charge in [-0.25, -0.2) is 0 Å². The van der Waals surface area contributed by atoms with Gasteiger partial charge in [0, 0.05) is 53.4 Å². The Morgan fingerprint density at radius 1 is 1.17 bits per heavy atom. The van der Waals surface area contributed by atoms with Crippen LogP contribution in [0.25, 0.3) is 0 Å². The summed E-state index contributed by atoms with van der Waals surface area (Å²) in [7, 11) is 3.48. The zero-order valence-corrected chi connectivity index (χ0v) is 17.3. The lowest BCUT2D eigenvalue weighted by molar-refractivity contribution is -0.122. The van der Waals surface area contributed by atoms with Crippen LogP contribution in [0.1, 0.15) is 19.3 Å². The summed E-state index contributed by atoms with van der Waals surface area (Å²) in [4.78, 5) is 20.7. The highest BCUT2D eigenvalue weighted by Gasteiger charge is 2.23. The molecule has 1 amide bonds. The highest BCUT2D eigenvalue weighted by molar-refractivity contribution is 14.0. The standard InChI is InChI=1S/C16H31N5O2.HI/c1-17-16(19-6-5-14-3-4-14)21-10-8-20(9-11-21)13-15(22)18-7-12-23-2;/h14H,3-13H2,1-2H3,(H,17,19)(H,18,22);1H. The zero-order valence-electron chi connectivity index (χ0n) is 14.9. The smallest absolute Gasteiger partial charge is 0.234 e. The molecular weight excluding hydrogens is 421 g/mol. The van der Waals surface area contributed by atoms with E-state index in [0.717, 1.165) is 44.6 Å². The number of piperazine rings is 1. The van der Waals surface area contributed by atoms with Crippen LogP contribution in [-0.2, 0) is 9.53 Å². The van der Waals surface area contributed by atoms with E-state index in [2.05, 4.69) is 25.4 Å². The Bertz CT molecular complexity index is 396. The number of nitrogens with zero attached hydrogens (tertiary/aromatic N) is 3. The molecule has 2 fully saturated rings. The first-order valence-electron chi connectivity index (χ1n) is 8.66. The van der Waals surface area contributed by atoms with Crippen molar-refractivity contribution in [1.29, 1.82) is 0 Å². The Morgan fingerprint density at radius 3 is 2.46 bits per heavy atom. The van der Waals surface area contributed by atoms with Crippen LogP contribution in [0.5, 0.6) is 0 Å². The molecule has 0 aromatic carbocycles. The highest BCUT2D eigenvalue weighted by atomic mass is 127. The molecule has 0 unspecified atom stereocenters. The van der Waals surface area contributed by atoms with Gasteiger partial charge in [0.25, 0.3) is 0 Å². The van der Waals surface area contributed by atoms with Gasteiger partial charge in [-0.2, -0.15) is 0 Å². The third kappa shape index (κ3) is 7.98. The second-order valence-electron chi connectivity index (χ2n) is 6.31. The summed E-state index contributed by atoms with van der Waals surface area (Å²) in [6, 6.07) is 0. The van der Waals surface area contributed by atoms with Crippen molar-refractivity contribution in [3.05, 3.63) is 0 Å². The predicted molar refractivity (Wildman–Crippen MR) is 107 cm³/mol. The van der Waals surface area contributed by atoms with E-state index in [9.17, 15) is 4.79 Å². The first kappa shape index (κ1) is 21.4. The predicted octanol–water partition coefficient (Wildman–Crippen LogP) is 0.360. The number of carbonyl (C=O) groups is 1. The number of methoxy groups -OCH3 is 1. The topological polar surface area (TPSA) is 69.2 Å². The number of halogens is 1. The van der Waals surface area contributed by atoms with Gasteiger partial charge in [-0.3, -0.25) is 14.7 Å². The number of amides is 1. The van der Waals surface area contributed by atoms with Crippen molar-refractivity contribution in [2.24, 2.45) is 10.9 Å². The second kappa shape index (κ2) is 11.9. The van der Waals surface area contributed by atoms with Gasteiger partial charge in [-0.05, 0) is 12.3 Å². The van der Waals surface area contributed by atoms with Crippen LogP contribution in [0.2, 0.25) is 0 Å². The van der Waals surface area contributed by atoms with Crippen LogP contribution in [0.4, 0.5) is 0 Å². The summed E-state index contributed by atoms with van der Waals surface area (Å²) >= 11 is 0. The molecule has 0 spiro atoms. The minimum atomic E-state index is 0. The van der Waals surface area contributed by atoms with Gasteiger partial charge in [0.2, 0.25) is 5.91 Å². The van der Waals surface area contributed by atoms with E-state index < -0.39 is 0 Å². The molecule has 24 heavy (non-hydrogen) atoms. The summed E-state index contributed by atoms with van der Waals surface area (Å²) in [5, 5.41) is 6.33. The Kier molecular flexibility index (Phi) is 10.6. The Hall–Kier alpha value is -0.610. The van der Waals surface area contributed by atoms with Crippen molar-refractivity contribution < 1.29 is 9.53 Å². The van der Waals surface area contributed by atoms with E-state index in [1.165, 1.54) is 19.3 Å². The quantitative estimate of drug-likeness (QED) is 0.241. The van der Waals surface area contributed by atoms with Crippen molar-refractivity contribution in [1.82, 2.24) is 20.4 Å². The summed E-state index contributed by atoms with van der Waals surface area (Å²) in [5.74, 6) is 2.01. The van der Waals surface area contributed by atoms with E-state index >= 15 is 0 Å². The SMILES string of the molecule is CN=C(NCCC1CC1)N1CCN(CC(=O)NCCOC)CC1.I. The maximum Gasteiger partial charge on any atom is 0.234 e. The third-order valence-electron chi connectivity index (χ3n) is 4.41. The van der Waals surface area contributed by atoms with Crippen molar-refractivity contribution in [2.45, 2.75) is 19.3 Å². The van der Waals surface area contributed by atoms with Gasteiger partial charge in [0.15, 0.2) is 5.96 Å². The number of rotatable bonds is 8. The molecule has 1 aliphatic heterocycles. The molecule has 140 valence electrons. The number of guanidine groups is 1. The molecule has 1 saturated heterocycles. The number of nitrogens with one attached hydrogen (secondary N) is 2. The van der Waals surface area contributed by atoms with Crippen molar-refractivity contribution in [2.75, 3.05) is 66.6 Å². The molecule has 0 atom stereocenters. The van der Waals surface area contributed by atoms with Crippen LogP contribution in [0.3, 0.4) is 0 Å². The second-order valence-corrected chi connectivity index (χ2v) is 6.31. The minimum Gasteiger partial charge on any atom is -0.383 e. The number of hydrogen-bond acceptors (Lipinski definition) is 4. The lowest BCUT2D eigenvalue weighted by Crippen LogP contribution is -2.54. The van der Waals surface area contributed by atoms with Crippen molar-refractivity contribution >= 4 is 35.8 Å². The first-order valence-corrected chi connectivity index (χ1v) is 8.66. The maximum absolute atomic E-state index is 11.8. The van der Waals surface area contributed by atoms with E-state index in [1.807, 2.05) is 7.05 Å². The maximum atomic E-state index is 11.8. The largest absolute Gasteiger partial charge is 0.383 e. The first-order chi connectivity index (χ1) is 11.2. The van der Waals surface area contributed by atoms with Crippen molar-refractivity contribution in [3.8, 4) is 0 Å². The van der Waals surface area contributed by atoms with Gasteiger partial charge in [-0.15, -0.1) is 24.0 Å². The molecule has 0 radical (unpaired) electrons. The van der Waals surface area contributed by atoms with Gasteiger partial charge in [-0.1, -0.05) is 12.8 Å². The van der Waals surface area contributed by atoms with Crippen LogP contribution < -0.4 is 10.6 Å². The lowest BCUT2D eigenvalue weighted by atomic mass is 10.3. The van der Waals surface area contributed by atoms with Gasteiger partial charge in [0.05, 0.1) is 13.2 Å². The molecule has 1 saturated carbocycles. The molecule has 0 bridgehead atoms. The van der Waals surface area contributed by atoms with Crippen LogP contribution in [-0.4, -0.2) is 88.2 Å². The molecule has 2 rings (SSSR count). The normalized spacial score (nSPS) is 18.9. The summed E-state index contributed by atoms with van der Waals surface area (Å²) in [5.41, 5.74) is 0. The third-order valence-corrected chi connectivity index (χ3v) is 4.41. The lowest BCUT2D eigenvalue weighted by Gasteiger charge is -2.36. The van der Waals surface area contributed by atoms with Gasteiger partial charge < -0.3 is 20.3 Å². The minimum absolute atomic E-state index is 0. The average Bonchev–Trinajstić information content (AvgIpc) is 3.37. The molecule has 1 aliphatic carbocycles. The van der Waals surface area contributed by atoms with Crippen LogP contribution in [0.15, 0.2) is 4.99 Å². The fourth-order valence-corrected chi connectivity index (χ4v) is 2.80. The number of hydrogen-bond donors (Lipinski definition) is 2. The zero-order chi connectivity index (χ0) is 16.5. The molecule has 2 N–H and O–H groups in total.